The fraction of sp³-hybridized carbons (Fsp3) is 0.143. The van der Waals surface area contributed by atoms with Crippen LogP contribution in [-0.2, 0) is 0 Å². The lowest BCUT2D eigenvalue weighted by Gasteiger charge is -2.09. The summed E-state index contributed by atoms with van der Waals surface area (Å²) in [6.07, 6.45) is 0. The van der Waals surface area contributed by atoms with Crippen LogP contribution in [0.4, 0.5) is 4.39 Å². The van der Waals surface area contributed by atoms with Crippen LogP contribution in [0.2, 0.25) is 0 Å². The minimum absolute atomic E-state index is 0.301. The van der Waals surface area contributed by atoms with E-state index in [2.05, 4.69) is 31.9 Å². The molecular weight excluding hydrogens is 379 g/mol. The zero-order chi connectivity index (χ0) is 13.7. The Bertz CT molecular complexity index is 561. The minimum Gasteiger partial charge on any atom is -0.490 e. The molecule has 0 saturated carbocycles. The van der Waals surface area contributed by atoms with Crippen molar-refractivity contribution in [2.24, 2.45) is 0 Å². The Hall–Kier alpha value is -1.07. The molecule has 2 aromatic rings. The van der Waals surface area contributed by atoms with E-state index in [1.165, 1.54) is 12.1 Å². The van der Waals surface area contributed by atoms with E-state index < -0.39 is 0 Å². The first-order valence-electron chi connectivity index (χ1n) is 5.61. The first kappa shape index (κ1) is 14.3. The molecule has 5 heteroatoms. The van der Waals surface area contributed by atoms with Gasteiger partial charge in [-0.05, 0) is 52.3 Å². The second-order valence-corrected chi connectivity index (χ2v) is 5.50. The number of rotatable bonds is 5. The van der Waals surface area contributed by atoms with Crippen LogP contribution in [0.3, 0.4) is 0 Å². The molecule has 2 nitrogen and oxygen atoms in total. The number of hydrogen-bond acceptors (Lipinski definition) is 2. The molecule has 0 unspecified atom stereocenters. The predicted octanol–water partition coefficient (Wildman–Crippen LogP) is 4.81. The zero-order valence-electron chi connectivity index (χ0n) is 9.91. The molecule has 19 heavy (non-hydrogen) atoms. The second-order valence-electron chi connectivity index (χ2n) is 3.73. The molecule has 0 aliphatic heterocycles. The predicted molar refractivity (Wildman–Crippen MR) is 79.2 cm³/mol. The van der Waals surface area contributed by atoms with Crippen molar-refractivity contribution < 1.29 is 13.9 Å². The van der Waals surface area contributed by atoms with Crippen LogP contribution in [0, 0.1) is 5.82 Å². The Labute approximate surface area is 127 Å². The fourth-order valence-electron chi connectivity index (χ4n) is 1.46. The van der Waals surface area contributed by atoms with Gasteiger partial charge in [-0.1, -0.05) is 22.0 Å². The highest BCUT2D eigenvalue weighted by atomic mass is 79.9. The second kappa shape index (κ2) is 6.91. The Balaban J connectivity index is 1.81. The smallest absolute Gasteiger partial charge is 0.133 e. The molecule has 0 aromatic heterocycles. The van der Waals surface area contributed by atoms with E-state index in [1.807, 2.05) is 24.3 Å². The van der Waals surface area contributed by atoms with Gasteiger partial charge in [0.15, 0.2) is 0 Å². The summed E-state index contributed by atoms with van der Waals surface area (Å²) in [4.78, 5) is 0. The van der Waals surface area contributed by atoms with E-state index in [-0.39, 0.29) is 5.82 Å². The van der Waals surface area contributed by atoms with Crippen LogP contribution < -0.4 is 9.47 Å². The van der Waals surface area contributed by atoms with Gasteiger partial charge in [-0.3, -0.25) is 0 Å². The van der Waals surface area contributed by atoms with Gasteiger partial charge in [0.2, 0.25) is 0 Å². The molecule has 0 atom stereocenters. The first-order valence-corrected chi connectivity index (χ1v) is 7.20. The van der Waals surface area contributed by atoms with Crippen LogP contribution >= 0.6 is 31.9 Å². The molecule has 0 spiro atoms. The Morgan fingerprint density at radius 2 is 1.74 bits per heavy atom. The van der Waals surface area contributed by atoms with Crippen LogP contribution in [0.1, 0.15) is 0 Å². The van der Waals surface area contributed by atoms with E-state index in [9.17, 15) is 4.39 Å². The molecule has 0 bridgehead atoms. The van der Waals surface area contributed by atoms with Gasteiger partial charge >= 0.3 is 0 Å². The monoisotopic (exact) mass is 388 g/mol. The van der Waals surface area contributed by atoms with Crippen molar-refractivity contribution in [2.75, 3.05) is 13.2 Å². The largest absolute Gasteiger partial charge is 0.490 e. The van der Waals surface area contributed by atoms with Gasteiger partial charge < -0.3 is 9.47 Å². The third kappa shape index (κ3) is 4.51. The van der Waals surface area contributed by atoms with E-state index in [4.69, 9.17) is 9.47 Å². The number of benzene rings is 2. The maximum Gasteiger partial charge on any atom is 0.133 e. The molecule has 0 N–H and O–H groups in total. The van der Waals surface area contributed by atoms with Gasteiger partial charge in [-0.15, -0.1) is 0 Å². The Morgan fingerprint density at radius 3 is 2.47 bits per heavy atom. The van der Waals surface area contributed by atoms with E-state index >= 15 is 0 Å². The lowest BCUT2D eigenvalue weighted by Crippen LogP contribution is -2.09. The van der Waals surface area contributed by atoms with Crippen LogP contribution in [0.25, 0.3) is 0 Å². The third-order valence-corrected chi connectivity index (χ3v) is 3.41. The van der Waals surface area contributed by atoms with Gasteiger partial charge in [0.25, 0.3) is 0 Å². The van der Waals surface area contributed by atoms with Crippen molar-refractivity contribution in [2.45, 2.75) is 0 Å². The standard InChI is InChI=1S/C14H11Br2FO2/c15-10-2-1-3-12(8-10)18-6-7-19-14-5-4-11(17)9-13(14)16/h1-5,8-9H,6-7H2. The summed E-state index contributed by atoms with van der Waals surface area (Å²) in [5.74, 6) is 1.07. The summed E-state index contributed by atoms with van der Waals surface area (Å²) >= 11 is 6.61. The number of hydrogen-bond donors (Lipinski definition) is 0. The van der Waals surface area contributed by atoms with Crippen molar-refractivity contribution in [3.8, 4) is 11.5 Å². The van der Waals surface area contributed by atoms with Crippen LogP contribution in [-0.4, -0.2) is 13.2 Å². The van der Waals surface area contributed by atoms with E-state index in [0.29, 0.717) is 23.4 Å². The van der Waals surface area contributed by atoms with Crippen molar-refractivity contribution in [1.29, 1.82) is 0 Å². The summed E-state index contributed by atoms with van der Waals surface area (Å²) in [7, 11) is 0. The van der Waals surface area contributed by atoms with Gasteiger partial charge in [-0.25, -0.2) is 4.39 Å². The van der Waals surface area contributed by atoms with Crippen molar-refractivity contribution in [1.82, 2.24) is 0 Å². The van der Waals surface area contributed by atoms with Crippen LogP contribution in [0.5, 0.6) is 11.5 Å². The highest BCUT2D eigenvalue weighted by Crippen LogP contribution is 2.25. The average Bonchev–Trinajstić information content (AvgIpc) is 2.37. The topological polar surface area (TPSA) is 18.5 Å². The molecule has 0 saturated heterocycles. The Kier molecular flexibility index (Phi) is 5.22. The van der Waals surface area contributed by atoms with Crippen molar-refractivity contribution in [3.63, 3.8) is 0 Å². The molecule has 2 aromatic carbocycles. The molecule has 2 rings (SSSR count). The normalized spacial score (nSPS) is 10.3. The minimum atomic E-state index is -0.301. The van der Waals surface area contributed by atoms with Gasteiger partial charge in [0.05, 0.1) is 4.47 Å². The van der Waals surface area contributed by atoms with Gasteiger partial charge in [0.1, 0.15) is 30.5 Å². The maximum atomic E-state index is 12.9. The maximum absolute atomic E-state index is 12.9. The van der Waals surface area contributed by atoms with E-state index in [1.54, 1.807) is 6.07 Å². The summed E-state index contributed by atoms with van der Waals surface area (Å²) < 4.78 is 25.5. The molecular formula is C14H11Br2FO2. The number of halogens is 3. The third-order valence-electron chi connectivity index (χ3n) is 2.30. The quantitative estimate of drug-likeness (QED) is 0.683. The summed E-state index contributed by atoms with van der Waals surface area (Å²) in [6, 6.07) is 11.9. The fourth-order valence-corrected chi connectivity index (χ4v) is 2.30. The van der Waals surface area contributed by atoms with Gasteiger partial charge in [0, 0.05) is 4.47 Å². The van der Waals surface area contributed by atoms with Crippen LogP contribution in [0.15, 0.2) is 51.4 Å². The summed E-state index contributed by atoms with van der Waals surface area (Å²) in [6.45, 7) is 0.803. The molecule has 0 heterocycles. The lowest BCUT2D eigenvalue weighted by atomic mass is 10.3. The average molecular weight is 390 g/mol. The summed E-state index contributed by atoms with van der Waals surface area (Å²) in [5.41, 5.74) is 0. The Morgan fingerprint density at radius 1 is 0.947 bits per heavy atom. The highest BCUT2D eigenvalue weighted by Gasteiger charge is 2.02. The SMILES string of the molecule is Fc1ccc(OCCOc2cccc(Br)c2)c(Br)c1. The number of ether oxygens (including phenoxy) is 2. The highest BCUT2D eigenvalue weighted by molar-refractivity contribution is 9.10. The molecule has 0 fully saturated rings. The zero-order valence-corrected chi connectivity index (χ0v) is 13.1. The first-order chi connectivity index (χ1) is 9.15. The summed E-state index contributed by atoms with van der Waals surface area (Å²) in [5, 5.41) is 0. The molecule has 0 aliphatic rings. The molecule has 0 radical (unpaired) electrons. The molecule has 0 aliphatic carbocycles. The van der Waals surface area contributed by atoms with Gasteiger partial charge in [-0.2, -0.15) is 0 Å². The molecule has 0 amide bonds. The van der Waals surface area contributed by atoms with Crippen molar-refractivity contribution >= 4 is 31.9 Å². The molecule has 100 valence electrons. The van der Waals surface area contributed by atoms with Crippen molar-refractivity contribution in [3.05, 3.63) is 57.2 Å². The van der Waals surface area contributed by atoms with E-state index in [0.717, 1.165) is 10.2 Å². The lowest BCUT2D eigenvalue weighted by molar-refractivity contribution is 0.216.